The van der Waals surface area contributed by atoms with Crippen LogP contribution in [-0.4, -0.2) is 56.7 Å². The number of esters is 1. The number of carbonyl (C=O) groups is 1. The third-order valence-electron chi connectivity index (χ3n) is 4.32. The van der Waals surface area contributed by atoms with Crippen LogP contribution >= 0.6 is 24.0 Å². The Morgan fingerprint density at radius 3 is 2.46 bits per heavy atom. The minimum Gasteiger partial charge on any atom is -0.462 e. The molecule has 1 fully saturated rings. The molecule has 0 atom stereocenters. The molecule has 0 bridgehead atoms. The third kappa shape index (κ3) is 7.90. The van der Waals surface area contributed by atoms with Crippen LogP contribution < -0.4 is 10.6 Å². The summed E-state index contributed by atoms with van der Waals surface area (Å²) in [5, 5.41) is 6.66. The number of hydrogen-bond acceptors (Lipinski definition) is 4. The smallest absolute Gasteiger partial charge is 0.338 e. The van der Waals surface area contributed by atoms with Crippen molar-refractivity contribution in [1.29, 1.82) is 0 Å². The number of ether oxygens (including phenoxy) is 1. The van der Waals surface area contributed by atoms with Gasteiger partial charge in [-0.1, -0.05) is 18.6 Å². The highest BCUT2D eigenvalue weighted by Crippen LogP contribution is 2.07. The summed E-state index contributed by atoms with van der Waals surface area (Å²) in [6, 6.07) is 7.45. The minimum atomic E-state index is -0.280. The van der Waals surface area contributed by atoms with Gasteiger partial charge in [0, 0.05) is 26.7 Å². The summed E-state index contributed by atoms with van der Waals surface area (Å²) < 4.78 is 4.99. The average molecular weight is 474 g/mol. The molecule has 0 spiro atoms. The Labute approximate surface area is 173 Å². The van der Waals surface area contributed by atoms with Crippen LogP contribution in [0.5, 0.6) is 0 Å². The Morgan fingerprint density at radius 1 is 1.15 bits per heavy atom. The van der Waals surface area contributed by atoms with Crippen LogP contribution in [0.2, 0.25) is 0 Å². The molecule has 1 aliphatic rings. The van der Waals surface area contributed by atoms with Gasteiger partial charge in [0.15, 0.2) is 5.96 Å². The number of likely N-dealkylation sites (tertiary alicyclic amines) is 1. The van der Waals surface area contributed by atoms with Crippen LogP contribution in [0, 0.1) is 0 Å². The summed E-state index contributed by atoms with van der Waals surface area (Å²) in [5.41, 5.74) is 1.67. The summed E-state index contributed by atoms with van der Waals surface area (Å²) >= 11 is 0. The Hall–Kier alpha value is -1.35. The van der Waals surface area contributed by atoms with Gasteiger partial charge in [0.25, 0.3) is 0 Å². The second-order valence-corrected chi connectivity index (χ2v) is 6.17. The largest absolute Gasteiger partial charge is 0.462 e. The van der Waals surface area contributed by atoms with E-state index in [1.165, 1.54) is 32.4 Å². The van der Waals surface area contributed by atoms with Gasteiger partial charge in [-0.25, -0.2) is 4.79 Å². The molecule has 0 aromatic heterocycles. The van der Waals surface area contributed by atoms with E-state index in [9.17, 15) is 4.79 Å². The summed E-state index contributed by atoms with van der Waals surface area (Å²) in [5.74, 6) is 0.517. The lowest BCUT2D eigenvalue weighted by molar-refractivity contribution is 0.0526. The predicted molar refractivity (Wildman–Crippen MR) is 116 cm³/mol. The van der Waals surface area contributed by atoms with E-state index in [0.717, 1.165) is 24.6 Å². The van der Waals surface area contributed by atoms with Crippen LogP contribution in [0.4, 0.5) is 0 Å². The number of piperidine rings is 1. The molecule has 0 radical (unpaired) electrons. The van der Waals surface area contributed by atoms with Crippen LogP contribution in [0.3, 0.4) is 0 Å². The van der Waals surface area contributed by atoms with E-state index in [2.05, 4.69) is 20.5 Å². The van der Waals surface area contributed by atoms with Gasteiger partial charge < -0.3 is 20.3 Å². The van der Waals surface area contributed by atoms with Crippen molar-refractivity contribution in [2.24, 2.45) is 4.99 Å². The summed E-state index contributed by atoms with van der Waals surface area (Å²) in [4.78, 5) is 18.4. The molecular formula is C19H31IN4O2. The predicted octanol–water partition coefficient (Wildman–Crippen LogP) is 2.63. The number of aliphatic imine (C=N–C) groups is 1. The van der Waals surface area contributed by atoms with E-state index in [-0.39, 0.29) is 29.9 Å². The zero-order valence-electron chi connectivity index (χ0n) is 15.8. The topological polar surface area (TPSA) is 66.0 Å². The van der Waals surface area contributed by atoms with Gasteiger partial charge >= 0.3 is 5.97 Å². The molecule has 2 rings (SSSR count). The highest BCUT2D eigenvalue weighted by Gasteiger charge is 2.09. The lowest BCUT2D eigenvalue weighted by Gasteiger charge is -2.26. The van der Waals surface area contributed by atoms with Gasteiger partial charge in [-0.2, -0.15) is 0 Å². The molecule has 146 valence electrons. The fraction of sp³-hybridized carbons (Fsp3) is 0.579. The molecule has 1 aliphatic heterocycles. The second-order valence-electron chi connectivity index (χ2n) is 6.17. The Kier molecular flexibility index (Phi) is 11.3. The molecular weight excluding hydrogens is 443 g/mol. The Morgan fingerprint density at radius 2 is 1.85 bits per heavy atom. The summed E-state index contributed by atoms with van der Waals surface area (Å²) in [7, 11) is 1.78. The maximum Gasteiger partial charge on any atom is 0.338 e. The third-order valence-corrected chi connectivity index (χ3v) is 4.32. The highest BCUT2D eigenvalue weighted by molar-refractivity contribution is 14.0. The van der Waals surface area contributed by atoms with Crippen LogP contribution in [-0.2, 0) is 11.3 Å². The van der Waals surface area contributed by atoms with Crippen molar-refractivity contribution in [2.45, 2.75) is 32.7 Å². The van der Waals surface area contributed by atoms with Gasteiger partial charge in [0.2, 0.25) is 0 Å². The minimum absolute atomic E-state index is 0. The normalized spacial score (nSPS) is 15.1. The van der Waals surface area contributed by atoms with E-state index < -0.39 is 0 Å². The maximum atomic E-state index is 11.6. The van der Waals surface area contributed by atoms with Crippen molar-refractivity contribution < 1.29 is 9.53 Å². The molecule has 0 saturated carbocycles. The first-order chi connectivity index (χ1) is 12.2. The molecule has 1 saturated heterocycles. The standard InChI is InChI=1S/C19H30N4O2.HI/c1-3-25-18(24)17-9-7-16(8-10-17)15-22-19(20-2)21-11-14-23-12-5-4-6-13-23;/h7-10H,3-6,11-15H2,1-2H3,(H2,20,21,22);1H. The second kappa shape index (κ2) is 12.9. The van der Waals surface area contributed by atoms with E-state index in [0.29, 0.717) is 18.7 Å². The first-order valence-corrected chi connectivity index (χ1v) is 9.16. The molecule has 1 heterocycles. The highest BCUT2D eigenvalue weighted by atomic mass is 127. The van der Waals surface area contributed by atoms with Gasteiger partial charge in [-0.15, -0.1) is 24.0 Å². The van der Waals surface area contributed by atoms with Crippen molar-refractivity contribution in [3.63, 3.8) is 0 Å². The van der Waals surface area contributed by atoms with E-state index in [4.69, 9.17) is 4.74 Å². The summed E-state index contributed by atoms with van der Waals surface area (Å²) in [6.07, 6.45) is 3.99. The zero-order valence-corrected chi connectivity index (χ0v) is 18.1. The van der Waals surface area contributed by atoms with Crippen LogP contribution in [0.25, 0.3) is 0 Å². The number of benzene rings is 1. The lowest BCUT2D eigenvalue weighted by atomic mass is 10.1. The van der Waals surface area contributed by atoms with Crippen molar-refractivity contribution in [3.8, 4) is 0 Å². The number of carbonyl (C=O) groups excluding carboxylic acids is 1. The van der Waals surface area contributed by atoms with E-state index in [1.54, 1.807) is 26.1 Å². The van der Waals surface area contributed by atoms with Crippen molar-refractivity contribution >= 4 is 35.9 Å². The monoisotopic (exact) mass is 474 g/mol. The van der Waals surface area contributed by atoms with Gasteiger partial charge in [-0.3, -0.25) is 4.99 Å². The molecule has 0 amide bonds. The SMILES string of the molecule is CCOC(=O)c1ccc(CNC(=NC)NCCN2CCCCC2)cc1.I. The maximum absolute atomic E-state index is 11.6. The molecule has 2 N–H and O–H groups in total. The van der Waals surface area contributed by atoms with Crippen molar-refractivity contribution in [2.75, 3.05) is 39.8 Å². The fourth-order valence-electron chi connectivity index (χ4n) is 2.89. The Bertz CT molecular complexity index is 557. The van der Waals surface area contributed by atoms with Crippen molar-refractivity contribution in [1.82, 2.24) is 15.5 Å². The molecule has 0 aliphatic carbocycles. The van der Waals surface area contributed by atoms with E-state index >= 15 is 0 Å². The number of nitrogens with zero attached hydrogens (tertiary/aromatic N) is 2. The first-order valence-electron chi connectivity index (χ1n) is 9.16. The van der Waals surface area contributed by atoms with Crippen LogP contribution in [0.1, 0.15) is 42.1 Å². The van der Waals surface area contributed by atoms with Gasteiger partial charge in [0.1, 0.15) is 0 Å². The number of rotatable bonds is 7. The van der Waals surface area contributed by atoms with Gasteiger partial charge in [-0.05, 0) is 50.6 Å². The van der Waals surface area contributed by atoms with Gasteiger partial charge in [0.05, 0.1) is 12.2 Å². The molecule has 1 aromatic rings. The molecule has 1 aromatic carbocycles. The number of guanidine groups is 1. The molecule has 0 unspecified atom stereocenters. The number of hydrogen-bond donors (Lipinski definition) is 2. The lowest BCUT2D eigenvalue weighted by Crippen LogP contribution is -2.42. The van der Waals surface area contributed by atoms with Crippen LogP contribution in [0.15, 0.2) is 29.3 Å². The zero-order chi connectivity index (χ0) is 17.9. The first kappa shape index (κ1) is 22.7. The van der Waals surface area contributed by atoms with Crippen molar-refractivity contribution in [3.05, 3.63) is 35.4 Å². The quantitative estimate of drug-likeness (QED) is 0.275. The average Bonchev–Trinajstić information content (AvgIpc) is 2.66. The number of nitrogens with one attached hydrogen (secondary N) is 2. The fourth-order valence-corrected chi connectivity index (χ4v) is 2.89. The molecule has 26 heavy (non-hydrogen) atoms. The number of halogens is 1. The molecule has 7 heteroatoms. The summed E-state index contributed by atoms with van der Waals surface area (Å²) in [6.45, 7) is 7.21. The molecule has 6 nitrogen and oxygen atoms in total. The Balaban J connectivity index is 0.00000338. The van der Waals surface area contributed by atoms with E-state index in [1.807, 2.05) is 12.1 Å².